The third-order valence-electron chi connectivity index (χ3n) is 4.91. The van der Waals surface area contributed by atoms with Crippen LogP contribution in [0.25, 0.3) is 0 Å². The molecule has 7 heteroatoms. The topological polar surface area (TPSA) is 68.8 Å². The molecule has 3 N–H and O–H groups in total. The van der Waals surface area contributed by atoms with Crippen molar-refractivity contribution in [3.8, 4) is 0 Å². The molecule has 1 saturated heterocycles. The van der Waals surface area contributed by atoms with E-state index in [1.165, 1.54) is 21.6 Å². The summed E-state index contributed by atoms with van der Waals surface area (Å²) in [5, 5.41) is 9.61. The van der Waals surface area contributed by atoms with Gasteiger partial charge in [0.25, 0.3) is 0 Å². The molecule has 0 unspecified atom stereocenters. The van der Waals surface area contributed by atoms with Crippen LogP contribution in [-0.2, 0) is 17.9 Å². The van der Waals surface area contributed by atoms with Gasteiger partial charge in [-0.2, -0.15) is 0 Å². The fraction of sp³-hybridized carbons (Fsp3) is 0.364. The Labute approximate surface area is 177 Å². The predicted octanol–water partition coefficient (Wildman–Crippen LogP) is 2.52. The van der Waals surface area contributed by atoms with Gasteiger partial charge in [-0.3, -0.25) is 9.79 Å². The van der Waals surface area contributed by atoms with Crippen LogP contribution in [0, 0.1) is 6.92 Å². The van der Waals surface area contributed by atoms with Crippen molar-refractivity contribution in [2.45, 2.75) is 24.9 Å². The number of aliphatic imine (C=N–C) groups is 1. The lowest BCUT2D eigenvalue weighted by atomic mass is 10.1. The number of hydrogen-bond donors (Lipinski definition) is 3. The van der Waals surface area contributed by atoms with E-state index in [-0.39, 0.29) is 5.91 Å². The molecule has 0 saturated carbocycles. The minimum atomic E-state index is 0.0788. The van der Waals surface area contributed by atoms with Gasteiger partial charge in [0.05, 0.1) is 6.54 Å². The summed E-state index contributed by atoms with van der Waals surface area (Å²) in [5.41, 5.74) is 4.78. The summed E-state index contributed by atoms with van der Waals surface area (Å²) >= 11 is 1.76. The quantitative estimate of drug-likeness (QED) is 0.387. The zero-order chi connectivity index (χ0) is 20.6. The van der Waals surface area contributed by atoms with Crippen molar-refractivity contribution in [2.24, 2.45) is 4.99 Å². The number of aryl methyl sites for hydroxylation is 1. The average Bonchev–Trinajstić information content (AvgIpc) is 2.75. The van der Waals surface area contributed by atoms with E-state index in [2.05, 4.69) is 81.5 Å². The van der Waals surface area contributed by atoms with Crippen LogP contribution < -0.4 is 20.9 Å². The van der Waals surface area contributed by atoms with Crippen molar-refractivity contribution in [3.63, 3.8) is 0 Å². The van der Waals surface area contributed by atoms with Gasteiger partial charge in [0.15, 0.2) is 5.96 Å². The maximum atomic E-state index is 11.6. The largest absolute Gasteiger partial charge is 0.360 e. The molecule has 0 radical (unpaired) electrons. The third kappa shape index (κ3) is 5.90. The smallest absolute Gasteiger partial charge is 0.239 e. The molecule has 1 fully saturated rings. The van der Waals surface area contributed by atoms with Crippen LogP contribution in [0.3, 0.4) is 0 Å². The zero-order valence-corrected chi connectivity index (χ0v) is 18.1. The number of thioether (sulfide) groups is 1. The van der Waals surface area contributed by atoms with Crippen LogP contribution in [0.4, 0.5) is 5.69 Å². The van der Waals surface area contributed by atoms with Crippen molar-refractivity contribution in [3.05, 3.63) is 59.2 Å². The van der Waals surface area contributed by atoms with Gasteiger partial charge < -0.3 is 20.9 Å². The molecular formula is C22H29N5OS. The number of anilines is 1. The maximum absolute atomic E-state index is 11.6. The molecule has 1 aliphatic rings. The first kappa shape index (κ1) is 21.0. The molecule has 2 aromatic carbocycles. The van der Waals surface area contributed by atoms with Gasteiger partial charge in [-0.05, 0) is 48.1 Å². The van der Waals surface area contributed by atoms with Gasteiger partial charge in [0.1, 0.15) is 0 Å². The fourth-order valence-electron chi connectivity index (χ4n) is 3.27. The number of benzene rings is 2. The first-order valence-corrected chi connectivity index (χ1v) is 11.0. The van der Waals surface area contributed by atoms with Gasteiger partial charge in [-0.25, -0.2) is 0 Å². The summed E-state index contributed by atoms with van der Waals surface area (Å²) < 4.78 is 0. The number of carbonyl (C=O) groups is 1. The van der Waals surface area contributed by atoms with Crippen LogP contribution in [0.5, 0.6) is 0 Å². The lowest BCUT2D eigenvalue weighted by Gasteiger charge is -2.28. The minimum absolute atomic E-state index is 0.0788. The lowest BCUT2D eigenvalue weighted by molar-refractivity contribution is -0.120. The molecule has 3 rings (SSSR count). The number of piperazine rings is 1. The summed E-state index contributed by atoms with van der Waals surface area (Å²) in [6.45, 7) is 5.49. The number of rotatable bonds is 6. The highest BCUT2D eigenvalue weighted by molar-refractivity contribution is 7.98. The maximum Gasteiger partial charge on any atom is 0.239 e. The van der Waals surface area contributed by atoms with Gasteiger partial charge in [0.2, 0.25) is 5.91 Å². The standard InChI is InChI=1S/C22H29N5OS/c1-16-4-7-18(20(12-16)29-3)14-26-22(23-2)25-13-17-5-8-19(9-6-17)27-11-10-24-21(28)15-27/h4-9,12H,10-11,13-15H2,1-3H3,(H,24,28)(H2,23,25,26). The van der Waals surface area contributed by atoms with Crippen LogP contribution in [0.2, 0.25) is 0 Å². The second-order valence-corrected chi connectivity index (χ2v) is 7.88. The van der Waals surface area contributed by atoms with Crippen molar-refractivity contribution in [1.29, 1.82) is 0 Å². The van der Waals surface area contributed by atoms with E-state index in [1.807, 2.05) is 0 Å². The molecule has 0 bridgehead atoms. The highest BCUT2D eigenvalue weighted by Gasteiger charge is 2.16. The van der Waals surface area contributed by atoms with Gasteiger partial charge in [-0.1, -0.05) is 24.3 Å². The summed E-state index contributed by atoms with van der Waals surface area (Å²) in [4.78, 5) is 19.3. The Balaban J connectivity index is 1.52. The highest BCUT2D eigenvalue weighted by Crippen LogP contribution is 2.21. The molecule has 1 aliphatic heterocycles. The van der Waals surface area contributed by atoms with E-state index in [0.29, 0.717) is 19.6 Å². The molecule has 2 aromatic rings. The van der Waals surface area contributed by atoms with E-state index >= 15 is 0 Å². The van der Waals surface area contributed by atoms with E-state index < -0.39 is 0 Å². The van der Waals surface area contributed by atoms with Crippen LogP contribution in [0.1, 0.15) is 16.7 Å². The number of amides is 1. The van der Waals surface area contributed by atoms with Gasteiger partial charge >= 0.3 is 0 Å². The Morgan fingerprint density at radius 3 is 2.62 bits per heavy atom. The van der Waals surface area contributed by atoms with E-state index in [1.54, 1.807) is 18.8 Å². The number of nitrogens with one attached hydrogen (secondary N) is 3. The minimum Gasteiger partial charge on any atom is -0.360 e. The average molecular weight is 412 g/mol. The molecule has 154 valence electrons. The normalized spacial score (nSPS) is 14.5. The molecule has 1 heterocycles. The molecule has 0 aliphatic carbocycles. The first-order valence-electron chi connectivity index (χ1n) is 9.77. The van der Waals surface area contributed by atoms with Crippen LogP contribution >= 0.6 is 11.8 Å². The van der Waals surface area contributed by atoms with E-state index in [9.17, 15) is 4.79 Å². The fourth-order valence-corrected chi connectivity index (χ4v) is 3.97. The Morgan fingerprint density at radius 1 is 1.17 bits per heavy atom. The van der Waals surface area contributed by atoms with Crippen molar-refractivity contribution in [1.82, 2.24) is 16.0 Å². The second kappa shape index (κ2) is 10.2. The third-order valence-corrected chi connectivity index (χ3v) is 5.73. The number of carbonyl (C=O) groups excluding carboxylic acids is 1. The Morgan fingerprint density at radius 2 is 1.93 bits per heavy atom. The molecule has 1 amide bonds. The Kier molecular flexibility index (Phi) is 7.41. The SMILES string of the molecule is CN=C(NCc1ccc(N2CCNC(=O)C2)cc1)NCc1ccc(C)cc1SC. The number of guanidine groups is 1. The Bertz CT molecular complexity index is 866. The molecule has 29 heavy (non-hydrogen) atoms. The van der Waals surface area contributed by atoms with Gasteiger partial charge in [0, 0.05) is 43.8 Å². The van der Waals surface area contributed by atoms with E-state index in [4.69, 9.17) is 0 Å². The second-order valence-electron chi connectivity index (χ2n) is 7.03. The van der Waals surface area contributed by atoms with E-state index in [0.717, 1.165) is 24.7 Å². The summed E-state index contributed by atoms with van der Waals surface area (Å²) in [6.07, 6.45) is 2.10. The van der Waals surface area contributed by atoms with Crippen molar-refractivity contribution in [2.75, 3.05) is 37.8 Å². The Hall–Kier alpha value is -2.67. The summed E-state index contributed by atoms with van der Waals surface area (Å²) in [6, 6.07) is 14.8. The predicted molar refractivity (Wildman–Crippen MR) is 122 cm³/mol. The number of hydrogen-bond acceptors (Lipinski definition) is 4. The zero-order valence-electron chi connectivity index (χ0n) is 17.3. The van der Waals surface area contributed by atoms with Crippen LogP contribution in [0.15, 0.2) is 52.4 Å². The highest BCUT2D eigenvalue weighted by atomic mass is 32.2. The van der Waals surface area contributed by atoms with Crippen LogP contribution in [-0.4, -0.2) is 44.8 Å². The van der Waals surface area contributed by atoms with Gasteiger partial charge in [-0.15, -0.1) is 11.8 Å². The summed E-state index contributed by atoms with van der Waals surface area (Å²) in [5.74, 6) is 0.851. The molecule has 0 aromatic heterocycles. The summed E-state index contributed by atoms with van der Waals surface area (Å²) in [7, 11) is 1.78. The van der Waals surface area contributed by atoms with Crippen molar-refractivity contribution >= 4 is 29.3 Å². The van der Waals surface area contributed by atoms with Crippen molar-refractivity contribution < 1.29 is 4.79 Å². The lowest BCUT2D eigenvalue weighted by Crippen LogP contribution is -2.47. The molecule has 6 nitrogen and oxygen atoms in total. The molecule has 0 atom stereocenters. The molecule has 0 spiro atoms. The molecular weight excluding hydrogens is 382 g/mol. The number of nitrogens with zero attached hydrogens (tertiary/aromatic N) is 2. The first-order chi connectivity index (χ1) is 14.1. The monoisotopic (exact) mass is 411 g/mol.